The van der Waals surface area contributed by atoms with Gasteiger partial charge in [0.25, 0.3) is 0 Å². The summed E-state index contributed by atoms with van der Waals surface area (Å²) in [6, 6.07) is -0.211. The highest BCUT2D eigenvalue weighted by Crippen LogP contribution is 1.88. The van der Waals surface area contributed by atoms with Gasteiger partial charge in [-0.05, 0) is 6.42 Å². The molecule has 0 aromatic heterocycles. The standard InChI is InChI=1S/C7H17NO2/c1-2-3-4-10-6-7(8)5-9/h7,9H,2-6,8H2,1H3/t7-/m1/s1. The summed E-state index contributed by atoms with van der Waals surface area (Å²) >= 11 is 0. The first-order valence-corrected chi connectivity index (χ1v) is 3.75. The van der Waals surface area contributed by atoms with Crippen LogP contribution in [0.2, 0.25) is 0 Å². The summed E-state index contributed by atoms with van der Waals surface area (Å²) < 4.78 is 5.14. The van der Waals surface area contributed by atoms with E-state index in [0.717, 1.165) is 19.4 Å². The smallest absolute Gasteiger partial charge is 0.0639 e. The van der Waals surface area contributed by atoms with Gasteiger partial charge in [-0.3, -0.25) is 0 Å². The number of aliphatic hydroxyl groups excluding tert-OH is 1. The molecule has 0 aliphatic rings. The van der Waals surface area contributed by atoms with Crippen molar-refractivity contribution in [1.82, 2.24) is 0 Å². The highest BCUT2D eigenvalue weighted by molar-refractivity contribution is 4.55. The van der Waals surface area contributed by atoms with E-state index in [1.165, 1.54) is 0 Å². The summed E-state index contributed by atoms with van der Waals surface area (Å²) in [5, 5.41) is 8.49. The Morgan fingerprint density at radius 3 is 2.80 bits per heavy atom. The molecule has 0 saturated heterocycles. The zero-order valence-electron chi connectivity index (χ0n) is 6.55. The van der Waals surface area contributed by atoms with Crippen molar-refractivity contribution in [2.75, 3.05) is 19.8 Å². The molecular formula is C7H17NO2. The lowest BCUT2D eigenvalue weighted by molar-refractivity contribution is 0.0990. The molecule has 3 nitrogen and oxygen atoms in total. The molecule has 0 amide bonds. The number of hydrogen-bond acceptors (Lipinski definition) is 3. The van der Waals surface area contributed by atoms with Gasteiger partial charge in [0.15, 0.2) is 0 Å². The van der Waals surface area contributed by atoms with Crippen molar-refractivity contribution >= 4 is 0 Å². The zero-order valence-corrected chi connectivity index (χ0v) is 6.55. The molecule has 0 saturated carbocycles. The Morgan fingerprint density at radius 1 is 1.60 bits per heavy atom. The van der Waals surface area contributed by atoms with E-state index in [9.17, 15) is 0 Å². The first kappa shape index (κ1) is 9.88. The molecule has 0 heterocycles. The van der Waals surface area contributed by atoms with Crippen LogP contribution in [-0.2, 0) is 4.74 Å². The molecule has 0 bridgehead atoms. The fourth-order valence-corrected chi connectivity index (χ4v) is 0.534. The monoisotopic (exact) mass is 147 g/mol. The average molecular weight is 147 g/mol. The molecule has 0 fully saturated rings. The van der Waals surface area contributed by atoms with E-state index in [-0.39, 0.29) is 12.6 Å². The summed E-state index contributed by atoms with van der Waals surface area (Å²) in [4.78, 5) is 0. The predicted octanol–water partition coefficient (Wildman–Crippen LogP) is 0.123. The van der Waals surface area contributed by atoms with E-state index in [4.69, 9.17) is 15.6 Å². The first-order valence-electron chi connectivity index (χ1n) is 3.75. The molecule has 0 spiro atoms. The summed E-state index contributed by atoms with van der Waals surface area (Å²) in [6.45, 7) is 3.34. The Balaban J connectivity index is 2.89. The number of aliphatic hydroxyl groups is 1. The van der Waals surface area contributed by atoms with Crippen LogP contribution in [0.3, 0.4) is 0 Å². The van der Waals surface area contributed by atoms with E-state index in [0.29, 0.717) is 6.61 Å². The van der Waals surface area contributed by atoms with Gasteiger partial charge in [-0.1, -0.05) is 13.3 Å². The molecule has 3 heteroatoms. The van der Waals surface area contributed by atoms with Crippen molar-refractivity contribution in [2.24, 2.45) is 5.73 Å². The Morgan fingerprint density at radius 2 is 2.30 bits per heavy atom. The van der Waals surface area contributed by atoms with Crippen molar-refractivity contribution in [3.05, 3.63) is 0 Å². The maximum atomic E-state index is 8.49. The molecule has 0 aliphatic carbocycles. The maximum absolute atomic E-state index is 8.49. The molecular weight excluding hydrogens is 130 g/mol. The average Bonchev–Trinajstić information content (AvgIpc) is 1.98. The van der Waals surface area contributed by atoms with E-state index < -0.39 is 0 Å². The molecule has 0 aromatic carbocycles. The minimum Gasteiger partial charge on any atom is -0.395 e. The molecule has 0 aromatic rings. The predicted molar refractivity (Wildman–Crippen MR) is 40.8 cm³/mol. The van der Waals surface area contributed by atoms with Crippen LogP contribution in [0.4, 0.5) is 0 Å². The Bertz CT molecular complexity index is 68.6. The number of hydrogen-bond donors (Lipinski definition) is 2. The van der Waals surface area contributed by atoms with E-state index in [1.807, 2.05) is 0 Å². The lowest BCUT2D eigenvalue weighted by atomic mass is 10.3. The van der Waals surface area contributed by atoms with Crippen molar-refractivity contribution in [3.63, 3.8) is 0 Å². The molecule has 62 valence electrons. The van der Waals surface area contributed by atoms with Gasteiger partial charge in [0.05, 0.1) is 19.3 Å². The van der Waals surface area contributed by atoms with E-state index >= 15 is 0 Å². The molecule has 10 heavy (non-hydrogen) atoms. The van der Waals surface area contributed by atoms with Crippen molar-refractivity contribution in [1.29, 1.82) is 0 Å². The first-order chi connectivity index (χ1) is 4.81. The fraction of sp³-hybridized carbons (Fsp3) is 1.00. The van der Waals surface area contributed by atoms with Crippen LogP contribution in [0.15, 0.2) is 0 Å². The van der Waals surface area contributed by atoms with Crippen LogP contribution in [0.1, 0.15) is 19.8 Å². The largest absolute Gasteiger partial charge is 0.395 e. The highest BCUT2D eigenvalue weighted by Gasteiger charge is 1.97. The van der Waals surface area contributed by atoms with Gasteiger partial charge >= 0.3 is 0 Å². The molecule has 0 unspecified atom stereocenters. The van der Waals surface area contributed by atoms with Gasteiger partial charge in [-0.15, -0.1) is 0 Å². The summed E-state index contributed by atoms with van der Waals surface area (Å²) in [5.41, 5.74) is 5.38. The SMILES string of the molecule is CCCCOC[C@H](N)CO. The van der Waals surface area contributed by atoms with Gasteiger partial charge in [0, 0.05) is 6.61 Å². The Hall–Kier alpha value is -0.120. The van der Waals surface area contributed by atoms with Crippen LogP contribution in [0.5, 0.6) is 0 Å². The summed E-state index contributed by atoms with van der Waals surface area (Å²) in [7, 11) is 0. The van der Waals surface area contributed by atoms with E-state index in [1.54, 1.807) is 0 Å². The molecule has 0 radical (unpaired) electrons. The van der Waals surface area contributed by atoms with Gasteiger partial charge in [-0.25, -0.2) is 0 Å². The molecule has 1 atom stereocenters. The van der Waals surface area contributed by atoms with Crippen molar-refractivity contribution in [3.8, 4) is 0 Å². The lowest BCUT2D eigenvalue weighted by Crippen LogP contribution is -2.30. The van der Waals surface area contributed by atoms with Gasteiger partial charge in [-0.2, -0.15) is 0 Å². The number of ether oxygens (including phenoxy) is 1. The lowest BCUT2D eigenvalue weighted by Gasteiger charge is -2.07. The minimum atomic E-state index is -0.211. The highest BCUT2D eigenvalue weighted by atomic mass is 16.5. The number of unbranched alkanes of at least 4 members (excludes halogenated alkanes) is 1. The van der Waals surface area contributed by atoms with Crippen LogP contribution < -0.4 is 5.73 Å². The van der Waals surface area contributed by atoms with Gasteiger partial charge in [0.1, 0.15) is 0 Å². The van der Waals surface area contributed by atoms with Crippen molar-refractivity contribution in [2.45, 2.75) is 25.8 Å². The molecule has 0 rings (SSSR count). The summed E-state index contributed by atoms with van der Waals surface area (Å²) in [5.74, 6) is 0. The number of rotatable bonds is 6. The second-order valence-corrected chi connectivity index (χ2v) is 2.37. The van der Waals surface area contributed by atoms with Crippen LogP contribution in [0.25, 0.3) is 0 Å². The maximum Gasteiger partial charge on any atom is 0.0639 e. The normalized spacial score (nSPS) is 13.5. The van der Waals surface area contributed by atoms with Gasteiger partial charge < -0.3 is 15.6 Å². The summed E-state index contributed by atoms with van der Waals surface area (Å²) in [6.07, 6.45) is 2.20. The third kappa shape index (κ3) is 6.01. The third-order valence-corrected chi connectivity index (χ3v) is 1.21. The third-order valence-electron chi connectivity index (χ3n) is 1.21. The topological polar surface area (TPSA) is 55.5 Å². The van der Waals surface area contributed by atoms with Crippen LogP contribution in [0, 0.1) is 0 Å². The Labute approximate surface area is 62.2 Å². The van der Waals surface area contributed by atoms with Crippen molar-refractivity contribution < 1.29 is 9.84 Å². The zero-order chi connectivity index (χ0) is 7.82. The van der Waals surface area contributed by atoms with E-state index in [2.05, 4.69) is 6.92 Å². The molecule has 3 N–H and O–H groups in total. The number of nitrogens with two attached hydrogens (primary N) is 1. The second-order valence-electron chi connectivity index (χ2n) is 2.37. The molecule has 0 aliphatic heterocycles. The fourth-order valence-electron chi connectivity index (χ4n) is 0.534. The minimum absolute atomic E-state index is 0.00608. The Kier molecular flexibility index (Phi) is 6.91. The quantitative estimate of drug-likeness (QED) is 0.525. The van der Waals surface area contributed by atoms with Crippen LogP contribution >= 0.6 is 0 Å². The second kappa shape index (κ2) is 6.99. The van der Waals surface area contributed by atoms with Gasteiger partial charge in [0.2, 0.25) is 0 Å². The van der Waals surface area contributed by atoms with Crippen LogP contribution in [-0.4, -0.2) is 31.0 Å².